The summed E-state index contributed by atoms with van der Waals surface area (Å²) in [5, 5.41) is 5.84. The zero-order chi connectivity index (χ0) is 20.3. The predicted molar refractivity (Wildman–Crippen MR) is 131 cm³/mol. The van der Waals surface area contributed by atoms with Gasteiger partial charge in [-0.1, -0.05) is 72.9 Å². The van der Waals surface area contributed by atoms with Crippen molar-refractivity contribution in [1.29, 1.82) is 0 Å². The lowest BCUT2D eigenvalue weighted by atomic mass is 9.52. The maximum absolute atomic E-state index is 2.52. The number of benzene rings is 3. The number of hydrogen-bond donors (Lipinski definition) is 0. The third-order valence-electron chi connectivity index (χ3n) is 9.15. The van der Waals surface area contributed by atoms with Gasteiger partial charge in [0.2, 0.25) is 0 Å². The van der Waals surface area contributed by atoms with Crippen molar-refractivity contribution in [2.45, 2.75) is 18.3 Å². The average Bonchev–Trinajstić information content (AvgIpc) is 2.85. The van der Waals surface area contributed by atoms with Crippen molar-refractivity contribution in [1.82, 2.24) is 0 Å². The van der Waals surface area contributed by atoms with E-state index in [1.54, 1.807) is 39.0 Å². The van der Waals surface area contributed by atoms with Gasteiger partial charge in [0.15, 0.2) is 0 Å². The Morgan fingerprint density at radius 1 is 0.625 bits per heavy atom. The third kappa shape index (κ3) is 1.39. The van der Waals surface area contributed by atoms with Crippen molar-refractivity contribution in [3.8, 4) is 0 Å². The Hall–Kier alpha value is -3.64. The molecule has 7 aliphatic carbocycles. The quantitative estimate of drug-likeness (QED) is 0.339. The van der Waals surface area contributed by atoms with Crippen molar-refractivity contribution >= 4 is 33.7 Å². The molecule has 0 fully saturated rings. The Labute approximate surface area is 185 Å². The normalized spacial score (nSPS) is 28.2. The molecule has 0 spiro atoms. The molecule has 0 heteroatoms. The molecule has 146 valence electrons. The summed E-state index contributed by atoms with van der Waals surface area (Å²) in [6.07, 6.45) is 18.2. The molecule has 3 aromatic rings. The minimum Gasteiger partial charge on any atom is -0.0726 e. The molecule has 32 heavy (non-hydrogen) atoms. The summed E-state index contributed by atoms with van der Waals surface area (Å²) in [5.74, 6) is 1.31. The summed E-state index contributed by atoms with van der Waals surface area (Å²) in [7, 11) is 0. The number of allylic oxidation sites excluding steroid dienone is 12. The molecule has 0 heterocycles. The Morgan fingerprint density at radius 2 is 1.28 bits per heavy atom. The van der Waals surface area contributed by atoms with Crippen molar-refractivity contribution in [2.24, 2.45) is 5.92 Å². The summed E-state index contributed by atoms with van der Waals surface area (Å²) >= 11 is 0. The monoisotopic (exact) mass is 402 g/mol. The second kappa shape index (κ2) is 4.59. The average molecular weight is 402 g/mol. The van der Waals surface area contributed by atoms with E-state index in [-0.39, 0.29) is 0 Å². The first kappa shape index (κ1) is 15.2. The first-order valence-corrected chi connectivity index (χ1v) is 11.9. The number of rotatable bonds is 0. The summed E-state index contributed by atoms with van der Waals surface area (Å²) in [4.78, 5) is 0. The van der Waals surface area contributed by atoms with Gasteiger partial charge in [-0.15, -0.1) is 0 Å². The van der Waals surface area contributed by atoms with Crippen LogP contribution in [0.4, 0.5) is 0 Å². The lowest BCUT2D eigenvalue weighted by molar-refractivity contribution is 0.628. The van der Waals surface area contributed by atoms with Crippen LogP contribution in [0.3, 0.4) is 0 Å². The zero-order valence-corrected chi connectivity index (χ0v) is 17.4. The standard InChI is InChI=1S/C32H18/c1-2-16-6-10-20-14-22-12-8-18-4-3-17-7-11-21-13-19-9-5-15(1)23-24(16)28(20)32-30(22)26(18)25(17)29(21)31(32)27(19)23/h1-11,13-14,17,31-32H,12H2. The van der Waals surface area contributed by atoms with Crippen LogP contribution in [0.2, 0.25) is 0 Å². The minimum absolute atomic E-state index is 0.414. The fourth-order valence-electron chi connectivity index (χ4n) is 8.12. The molecule has 0 bridgehead atoms. The van der Waals surface area contributed by atoms with Crippen LogP contribution in [-0.2, 0) is 0 Å². The first-order chi connectivity index (χ1) is 15.9. The lowest BCUT2D eigenvalue weighted by Crippen LogP contribution is -2.35. The van der Waals surface area contributed by atoms with Crippen LogP contribution in [0.25, 0.3) is 33.7 Å². The fraction of sp³-hybridized carbons (Fsp3) is 0.125. The van der Waals surface area contributed by atoms with Gasteiger partial charge < -0.3 is 0 Å². The van der Waals surface area contributed by atoms with Crippen molar-refractivity contribution in [2.75, 3.05) is 0 Å². The molecule has 0 radical (unpaired) electrons. The Bertz CT molecular complexity index is 1790. The van der Waals surface area contributed by atoms with Crippen molar-refractivity contribution in [3.63, 3.8) is 0 Å². The van der Waals surface area contributed by atoms with Crippen molar-refractivity contribution in [3.05, 3.63) is 128 Å². The predicted octanol–water partition coefficient (Wildman–Crippen LogP) is 7.66. The Balaban J connectivity index is 1.55. The van der Waals surface area contributed by atoms with Gasteiger partial charge in [-0.05, 0) is 95.3 Å². The topological polar surface area (TPSA) is 0 Å². The molecule has 0 N–H and O–H groups in total. The molecular formula is C32H18. The van der Waals surface area contributed by atoms with E-state index >= 15 is 0 Å². The molecule has 3 aromatic carbocycles. The van der Waals surface area contributed by atoms with Gasteiger partial charge in [-0.2, -0.15) is 0 Å². The van der Waals surface area contributed by atoms with Crippen LogP contribution < -0.4 is 0 Å². The Kier molecular flexibility index (Phi) is 2.18. The van der Waals surface area contributed by atoms with Crippen LogP contribution in [0.5, 0.6) is 0 Å². The molecule has 3 atom stereocenters. The maximum Gasteiger partial charge on any atom is 0.0221 e. The fourth-order valence-corrected chi connectivity index (χ4v) is 8.12. The summed E-state index contributed by atoms with van der Waals surface area (Å²) in [5.41, 5.74) is 17.0. The van der Waals surface area contributed by atoms with E-state index in [9.17, 15) is 0 Å². The van der Waals surface area contributed by atoms with E-state index < -0.39 is 0 Å². The van der Waals surface area contributed by atoms with E-state index in [1.807, 2.05) is 0 Å². The summed E-state index contributed by atoms with van der Waals surface area (Å²) in [6, 6.07) is 14.2. The van der Waals surface area contributed by atoms with E-state index in [1.165, 1.54) is 43.8 Å². The highest BCUT2D eigenvalue weighted by Crippen LogP contribution is 2.67. The van der Waals surface area contributed by atoms with Gasteiger partial charge in [-0.25, -0.2) is 0 Å². The number of hydrogen-bond acceptors (Lipinski definition) is 0. The van der Waals surface area contributed by atoms with Crippen LogP contribution in [0.15, 0.2) is 106 Å². The lowest BCUT2D eigenvalue weighted by Gasteiger charge is -2.51. The van der Waals surface area contributed by atoms with E-state index in [0.717, 1.165) is 6.42 Å². The van der Waals surface area contributed by atoms with Gasteiger partial charge in [0.05, 0.1) is 0 Å². The molecule has 0 aliphatic heterocycles. The highest BCUT2D eigenvalue weighted by molar-refractivity contribution is 6.16. The van der Waals surface area contributed by atoms with Gasteiger partial charge in [-0.3, -0.25) is 0 Å². The molecule has 7 aliphatic rings. The second-order valence-electron chi connectivity index (χ2n) is 10.3. The molecule has 0 saturated heterocycles. The minimum atomic E-state index is 0.414. The van der Waals surface area contributed by atoms with Gasteiger partial charge in [0, 0.05) is 17.8 Å². The van der Waals surface area contributed by atoms with E-state index in [0.29, 0.717) is 17.8 Å². The highest BCUT2D eigenvalue weighted by Gasteiger charge is 2.50. The zero-order valence-electron chi connectivity index (χ0n) is 17.4. The molecule has 0 saturated carbocycles. The molecule has 0 aromatic heterocycles. The maximum atomic E-state index is 2.52. The molecule has 0 amide bonds. The van der Waals surface area contributed by atoms with E-state index in [2.05, 4.69) is 78.9 Å². The Morgan fingerprint density at radius 3 is 2.06 bits per heavy atom. The molecule has 0 nitrogen and oxygen atoms in total. The summed E-state index contributed by atoms with van der Waals surface area (Å²) in [6.45, 7) is 0. The largest absolute Gasteiger partial charge is 0.0726 e. The first-order valence-electron chi connectivity index (χ1n) is 11.9. The van der Waals surface area contributed by atoms with Crippen LogP contribution in [0.1, 0.15) is 40.5 Å². The second-order valence-corrected chi connectivity index (χ2v) is 10.3. The smallest absolute Gasteiger partial charge is 0.0221 e. The summed E-state index contributed by atoms with van der Waals surface area (Å²) < 4.78 is 0. The van der Waals surface area contributed by atoms with Crippen molar-refractivity contribution < 1.29 is 0 Å². The van der Waals surface area contributed by atoms with Crippen LogP contribution >= 0.6 is 0 Å². The molecule has 3 unspecified atom stereocenters. The third-order valence-corrected chi connectivity index (χ3v) is 9.15. The van der Waals surface area contributed by atoms with Gasteiger partial charge in [0.25, 0.3) is 0 Å². The highest BCUT2D eigenvalue weighted by atomic mass is 14.5. The molecule has 10 rings (SSSR count). The van der Waals surface area contributed by atoms with E-state index in [4.69, 9.17) is 0 Å². The van der Waals surface area contributed by atoms with Crippen LogP contribution in [-0.4, -0.2) is 0 Å². The van der Waals surface area contributed by atoms with Crippen LogP contribution in [0, 0.1) is 5.92 Å². The van der Waals surface area contributed by atoms with Gasteiger partial charge in [0.1, 0.15) is 0 Å². The molecular weight excluding hydrogens is 384 g/mol. The SMILES string of the molecule is C1=CC2C=CC3=Cc4ccc5ccc6ccc7c8c6c5c4C4C3=C2C2=C(C(=C7)CC=C12)C84. The van der Waals surface area contributed by atoms with Gasteiger partial charge >= 0.3 is 0 Å².